The van der Waals surface area contributed by atoms with Crippen molar-refractivity contribution in [3.8, 4) is 11.3 Å². The second-order valence-corrected chi connectivity index (χ2v) is 7.31. The molecule has 1 unspecified atom stereocenters. The van der Waals surface area contributed by atoms with Crippen LogP contribution in [0.5, 0.6) is 0 Å². The molecule has 2 aliphatic rings. The van der Waals surface area contributed by atoms with Gasteiger partial charge in [-0.05, 0) is 43.2 Å². The van der Waals surface area contributed by atoms with Crippen LogP contribution in [0.4, 0.5) is 0 Å². The number of fused-ring (bicyclic) bond motifs is 3. The fourth-order valence-corrected chi connectivity index (χ4v) is 4.24. The summed E-state index contributed by atoms with van der Waals surface area (Å²) in [5.41, 5.74) is 4.06. The zero-order chi connectivity index (χ0) is 13.5. The van der Waals surface area contributed by atoms with E-state index in [4.69, 9.17) is 4.98 Å². The van der Waals surface area contributed by atoms with Crippen molar-refractivity contribution < 1.29 is 0 Å². The van der Waals surface area contributed by atoms with E-state index in [1.807, 2.05) is 11.3 Å². The van der Waals surface area contributed by atoms with Gasteiger partial charge in [0, 0.05) is 17.0 Å². The van der Waals surface area contributed by atoms with Gasteiger partial charge in [-0.2, -0.15) is 0 Å². The minimum absolute atomic E-state index is 0.617. The monoisotopic (exact) mass is 284 g/mol. The average Bonchev–Trinajstić information content (AvgIpc) is 3.19. The zero-order valence-corrected chi connectivity index (χ0v) is 12.7. The molecule has 1 heterocycles. The van der Waals surface area contributed by atoms with Gasteiger partial charge in [0.25, 0.3) is 0 Å². The van der Waals surface area contributed by atoms with Crippen molar-refractivity contribution in [2.75, 3.05) is 6.54 Å². The summed E-state index contributed by atoms with van der Waals surface area (Å²) >= 11 is 1.90. The lowest BCUT2D eigenvalue weighted by atomic mass is 9.86. The molecule has 1 saturated carbocycles. The van der Waals surface area contributed by atoms with Gasteiger partial charge in [0.15, 0.2) is 0 Å². The molecular formula is C17H20N2S. The van der Waals surface area contributed by atoms with Crippen LogP contribution in [-0.2, 0) is 13.0 Å². The molecule has 0 amide bonds. The van der Waals surface area contributed by atoms with Gasteiger partial charge in [0.2, 0.25) is 0 Å². The summed E-state index contributed by atoms with van der Waals surface area (Å²) < 4.78 is 0. The molecule has 1 aromatic carbocycles. The molecule has 2 nitrogen and oxygen atoms in total. The maximum absolute atomic E-state index is 4.90. The minimum atomic E-state index is 0.617. The molecule has 2 aliphatic carbocycles. The van der Waals surface area contributed by atoms with E-state index in [1.165, 1.54) is 39.5 Å². The zero-order valence-electron chi connectivity index (χ0n) is 11.9. The summed E-state index contributed by atoms with van der Waals surface area (Å²) in [7, 11) is 0. The largest absolute Gasteiger partial charge is 0.310 e. The quantitative estimate of drug-likeness (QED) is 0.919. The van der Waals surface area contributed by atoms with Crippen molar-refractivity contribution in [1.29, 1.82) is 0 Å². The maximum Gasteiger partial charge on any atom is 0.107 e. The Morgan fingerprint density at radius 3 is 3.00 bits per heavy atom. The van der Waals surface area contributed by atoms with Crippen LogP contribution in [0, 0.1) is 5.92 Å². The first kappa shape index (κ1) is 12.5. The second-order valence-electron chi connectivity index (χ2n) is 6.15. The van der Waals surface area contributed by atoms with Gasteiger partial charge in [-0.25, -0.2) is 4.98 Å². The van der Waals surface area contributed by atoms with Crippen LogP contribution in [0.2, 0.25) is 0 Å². The molecule has 0 saturated heterocycles. The highest BCUT2D eigenvalue weighted by atomic mass is 32.1. The summed E-state index contributed by atoms with van der Waals surface area (Å²) in [6.07, 6.45) is 3.96. The summed E-state index contributed by atoms with van der Waals surface area (Å²) in [5.74, 6) is 1.55. The van der Waals surface area contributed by atoms with E-state index < -0.39 is 0 Å². The SMILES string of the molecule is CC1Cc2sc(CNCC3CC3)nc2-c2ccccc21. The fourth-order valence-electron chi connectivity index (χ4n) is 3.06. The van der Waals surface area contributed by atoms with E-state index in [1.54, 1.807) is 0 Å². The molecule has 104 valence electrons. The van der Waals surface area contributed by atoms with Gasteiger partial charge in [0.1, 0.15) is 5.01 Å². The lowest BCUT2D eigenvalue weighted by Crippen LogP contribution is -2.15. The Bertz CT molecular complexity index is 628. The summed E-state index contributed by atoms with van der Waals surface area (Å²) in [4.78, 5) is 6.37. The van der Waals surface area contributed by atoms with Crippen LogP contribution in [0.3, 0.4) is 0 Å². The third-order valence-corrected chi connectivity index (χ3v) is 5.46. The van der Waals surface area contributed by atoms with Crippen molar-refractivity contribution in [1.82, 2.24) is 10.3 Å². The molecule has 0 bridgehead atoms. The van der Waals surface area contributed by atoms with E-state index >= 15 is 0 Å². The highest BCUT2D eigenvalue weighted by molar-refractivity contribution is 7.12. The van der Waals surface area contributed by atoms with Crippen molar-refractivity contribution in [3.63, 3.8) is 0 Å². The number of benzene rings is 1. The Balaban J connectivity index is 1.59. The first-order valence-electron chi connectivity index (χ1n) is 7.60. The Morgan fingerprint density at radius 1 is 1.30 bits per heavy atom. The molecule has 20 heavy (non-hydrogen) atoms. The normalized spacial score (nSPS) is 20.6. The van der Waals surface area contributed by atoms with Crippen LogP contribution in [0.25, 0.3) is 11.3 Å². The number of hydrogen-bond donors (Lipinski definition) is 1. The highest BCUT2D eigenvalue weighted by Crippen LogP contribution is 2.41. The number of nitrogens with zero attached hydrogens (tertiary/aromatic N) is 1. The van der Waals surface area contributed by atoms with Gasteiger partial charge in [0.05, 0.1) is 5.69 Å². The molecule has 1 N–H and O–H groups in total. The number of rotatable bonds is 4. The lowest BCUT2D eigenvalue weighted by molar-refractivity contribution is 0.637. The minimum Gasteiger partial charge on any atom is -0.310 e. The number of thiazole rings is 1. The molecule has 4 rings (SSSR count). The Kier molecular flexibility index (Phi) is 3.12. The molecule has 1 fully saturated rings. The third kappa shape index (κ3) is 2.29. The summed E-state index contributed by atoms with van der Waals surface area (Å²) in [5, 5.41) is 4.81. The third-order valence-electron chi connectivity index (χ3n) is 4.39. The van der Waals surface area contributed by atoms with Gasteiger partial charge in [-0.3, -0.25) is 0 Å². The van der Waals surface area contributed by atoms with E-state index in [0.29, 0.717) is 5.92 Å². The van der Waals surface area contributed by atoms with Gasteiger partial charge in [-0.15, -0.1) is 11.3 Å². The lowest BCUT2D eigenvalue weighted by Gasteiger charge is -2.21. The van der Waals surface area contributed by atoms with Crippen molar-refractivity contribution in [2.24, 2.45) is 5.92 Å². The molecule has 3 heteroatoms. The van der Waals surface area contributed by atoms with E-state index in [0.717, 1.165) is 25.4 Å². The summed E-state index contributed by atoms with van der Waals surface area (Å²) in [6.45, 7) is 4.43. The second kappa shape index (κ2) is 4.97. The van der Waals surface area contributed by atoms with Crippen LogP contribution >= 0.6 is 11.3 Å². The highest BCUT2D eigenvalue weighted by Gasteiger charge is 2.25. The molecule has 0 aliphatic heterocycles. The summed E-state index contributed by atoms with van der Waals surface area (Å²) in [6, 6.07) is 8.76. The predicted molar refractivity (Wildman–Crippen MR) is 84.1 cm³/mol. The van der Waals surface area contributed by atoms with Crippen LogP contribution < -0.4 is 5.32 Å². The predicted octanol–water partition coefficient (Wildman–Crippen LogP) is 3.97. The number of aromatic nitrogens is 1. The molecule has 1 atom stereocenters. The number of hydrogen-bond acceptors (Lipinski definition) is 3. The van der Waals surface area contributed by atoms with Crippen LogP contribution in [0.1, 0.15) is 41.1 Å². The average molecular weight is 284 g/mol. The van der Waals surface area contributed by atoms with E-state index in [-0.39, 0.29) is 0 Å². The Hall–Kier alpha value is -1.19. The standard InChI is InChI=1S/C17H20N2S/c1-11-8-15-17(14-5-3-2-4-13(11)14)19-16(20-15)10-18-9-12-6-7-12/h2-5,11-12,18H,6-10H2,1H3. The maximum atomic E-state index is 4.90. The Morgan fingerprint density at radius 2 is 2.15 bits per heavy atom. The molecule has 2 aromatic rings. The molecule has 0 spiro atoms. The van der Waals surface area contributed by atoms with E-state index in [2.05, 4.69) is 36.5 Å². The first-order chi connectivity index (χ1) is 9.81. The first-order valence-corrected chi connectivity index (χ1v) is 8.41. The van der Waals surface area contributed by atoms with Gasteiger partial charge < -0.3 is 5.32 Å². The van der Waals surface area contributed by atoms with Crippen molar-refractivity contribution >= 4 is 11.3 Å². The van der Waals surface area contributed by atoms with Crippen molar-refractivity contribution in [3.05, 3.63) is 39.7 Å². The molecular weight excluding hydrogens is 264 g/mol. The Labute approximate surface area is 124 Å². The van der Waals surface area contributed by atoms with Crippen molar-refractivity contribution in [2.45, 2.75) is 38.6 Å². The molecule has 0 radical (unpaired) electrons. The van der Waals surface area contributed by atoms with E-state index in [9.17, 15) is 0 Å². The molecule has 1 aromatic heterocycles. The number of nitrogens with one attached hydrogen (secondary N) is 1. The fraction of sp³-hybridized carbons (Fsp3) is 0.471. The van der Waals surface area contributed by atoms with Gasteiger partial charge >= 0.3 is 0 Å². The van der Waals surface area contributed by atoms with Gasteiger partial charge in [-0.1, -0.05) is 31.2 Å². The smallest absolute Gasteiger partial charge is 0.107 e. The topological polar surface area (TPSA) is 24.9 Å². The van der Waals surface area contributed by atoms with Crippen LogP contribution in [0.15, 0.2) is 24.3 Å². The van der Waals surface area contributed by atoms with Crippen LogP contribution in [-0.4, -0.2) is 11.5 Å².